The SMILES string of the molecule is CCC1C[C@H](C(=O)N(C)CC2(O)CCCC2)[C@H](C(=O)O)C1. The van der Waals surface area contributed by atoms with Gasteiger partial charge >= 0.3 is 5.97 Å². The number of hydrogen-bond acceptors (Lipinski definition) is 3. The Hall–Kier alpha value is -1.10. The summed E-state index contributed by atoms with van der Waals surface area (Å²) in [5, 5.41) is 19.8. The van der Waals surface area contributed by atoms with Gasteiger partial charge in [-0.1, -0.05) is 26.2 Å². The van der Waals surface area contributed by atoms with Gasteiger partial charge in [-0.2, -0.15) is 0 Å². The maximum Gasteiger partial charge on any atom is 0.307 e. The monoisotopic (exact) mass is 297 g/mol. The zero-order valence-electron chi connectivity index (χ0n) is 13.0. The van der Waals surface area contributed by atoms with Gasteiger partial charge in [0.1, 0.15) is 0 Å². The third-order valence-corrected chi connectivity index (χ3v) is 5.31. The average molecular weight is 297 g/mol. The molecule has 2 rings (SSSR count). The van der Waals surface area contributed by atoms with Gasteiger partial charge < -0.3 is 15.1 Å². The minimum absolute atomic E-state index is 0.112. The van der Waals surface area contributed by atoms with E-state index in [9.17, 15) is 19.8 Å². The Morgan fingerprint density at radius 3 is 2.29 bits per heavy atom. The van der Waals surface area contributed by atoms with Crippen LogP contribution in [0.4, 0.5) is 0 Å². The summed E-state index contributed by atoms with van der Waals surface area (Å²) in [6, 6.07) is 0. The Kier molecular flexibility index (Phi) is 4.91. The van der Waals surface area contributed by atoms with Gasteiger partial charge in [-0.25, -0.2) is 0 Å². The molecule has 120 valence electrons. The van der Waals surface area contributed by atoms with E-state index in [1.807, 2.05) is 6.92 Å². The van der Waals surface area contributed by atoms with Crippen molar-refractivity contribution < 1.29 is 19.8 Å². The lowest BCUT2D eigenvalue weighted by atomic mass is 9.94. The molecule has 5 heteroatoms. The number of rotatable bonds is 5. The molecule has 5 nitrogen and oxygen atoms in total. The van der Waals surface area contributed by atoms with Gasteiger partial charge in [0.15, 0.2) is 0 Å². The summed E-state index contributed by atoms with van der Waals surface area (Å²) >= 11 is 0. The topological polar surface area (TPSA) is 77.8 Å². The molecule has 0 aromatic carbocycles. The van der Waals surface area contributed by atoms with Gasteiger partial charge in [0.05, 0.1) is 17.4 Å². The van der Waals surface area contributed by atoms with E-state index >= 15 is 0 Å². The molecule has 0 aliphatic heterocycles. The van der Waals surface area contributed by atoms with Crippen LogP contribution in [-0.2, 0) is 9.59 Å². The molecule has 0 aromatic rings. The zero-order valence-corrected chi connectivity index (χ0v) is 13.0. The van der Waals surface area contributed by atoms with Gasteiger partial charge in [0.25, 0.3) is 0 Å². The predicted molar refractivity (Wildman–Crippen MR) is 78.7 cm³/mol. The number of aliphatic hydroxyl groups is 1. The molecule has 2 aliphatic rings. The fourth-order valence-electron chi connectivity index (χ4n) is 4.02. The molecule has 0 bridgehead atoms. The van der Waals surface area contributed by atoms with Crippen LogP contribution in [-0.4, -0.2) is 46.2 Å². The van der Waals surface area contributed by atoms with Crippen LogP contribution in [0.15, 0.2) is 0 Å². The summed E-state index contributed by atoms with van der Waals surface area (Å²) in [6.45, 7) is 2.37. The lowest BCUT2D eigenvalue weighted by Gasteiger charge is -2.31. The Morgan fingerprint density at radius 2 is 1.76 bits per heavy atom. The highest BCUT2D eigenvalue weighted by molar-refractivity contribution is 5.85. The zero-order chi connectivity index (χ0) is 15.6. The summed E-state index contributed by atoms with van der Waals surface area (Å²) in [4.78, 5) is 25.6. The van der Waals surface area contributed by atoms with E-state index in [1.165, 1.54) is 0 Å². The second-order valence-corrected chi connectivity index (χ2v) is 6.92. The predicted octanol–water partition coefficient (Wildman–Crippen LogP) is 1.89. The molecular formula is C16H27NO4. The Bertz CT molecular complexity index is 403. The summed E-state index contributed by atoms with van der Waals surface area (Å²) in [5.74, 6) is -1.65. The normalized spacial score (nSPS) is 31.3. The fourth-order valence-corrected chi connectivity index (χ4v) is 4.02. The third-order valence-electron chi connectivity index (χ3n) is 5.31. The Balaban J connectivity index is 2.01. The molecule has 2 saturated carbocycles. The largest absolute Gasteiger partial charge is 0.481 e. The molecule has 2 fully saturated rings. The first-order valence-corrected chi connectivity index (χ1v) is 8.06. The smallest absolute Gasteiger partial charge is 0.307 e. The van der Waals surface area contributed by atoms with Crippen molar-refractivity contribution in [3.63, 3.8) is 0 Å². The molecule has 2 N–H and O–H groups in total. The van der Waals surface area contributed by atoms with Crippen molar-refractivity contribution in [3.8, 4) is 0 Å². The second-order valence-electron chi connectivity index (χ2n) is 6.92. The maximum atomic E-state index is 12.6. The highest BCUT2D eigenvalue weighted by atomic mass is 16.4. The van der Waals surface area contributed by atoms with Crippen molar-refractivity contribution in [2.45, 2.75) is 57.5 Å². The lowest BCUT2D eigenvalue weighted by Crippen LogP contribution is -2.45. The molecule has 0 aromatic heterocycles. The number of likely N-dealkylation sites (N-methyl/N-ethyl adjacent to an activating group) is 1. The van der Waals surface area contributed by atoms with Gasteiger partial charge in [-0.15, -0.1) is 0 Å². The van der Waals surface area contributed by atoms with Crippen LogP contribution >= 0.6 is 0 Å². The molecule has 2 aliphatic carbocycles. The molecule has 0 spiro atoms. The summed E-state index contributed by atoms with van der Waals surface area (Å²) < 4.78 is 0. The van der Waals surface area contributed by atoms with E-state index in [0.717, 1.165) is 32.1 Å². The number of carbonyl (C=O) groups is 2. The number of carbonyl (C=O) groups excluding carboxylic acids is 1. The number of hydrogen-bond donors (Lipinski definition) is 2. The second kappa shape index (κ2) is 6.34. The minimum Gasteiger partial charge on any atom is -0.481 e. The van der Waals surface area contributed by atoms with Crippen LogP contribution < -0.4 is 0 Å². The van der Waals surface area contributed by atoms with E-state index in [4.69, 9.17) is 0 Å². The highest BCUT2D eigenvalue weighted by Gasteiger charge is 2.44. The van der Waals surface area contributed by atoms with E-state index < -0.39 is 23.4 Å². The molecule has 0 saturated heterocycles. The molecule has 0 radical (unpaired) electrons. The van der Waals surface area contributed by atoms with Crippen molar-refractivity contribution in [3.05, 3.63) is 0 Å². The van der Waals surface area contributed by atoms with Crippen molar-refractivity contribution in [1.82, 2.24) is 4.90 Å². The number of amides is 1. The first-order valence-electron chi connectivity index (χ1n) is 8.06. The van der Waals surface area contributed by atoms with Gasteiger partial charge in [0, 0.05) is 13.6 Å². The molecular weight excluding hydrogens is 270 g/mol. The van der Waals surface area contributed by atoms with E-state index in [0.29, 0.717) is 25.3 Å². The first kappa shape index (κ1) is 16.3. The van der Waals surface area contributed by atoms with Crippen LogP contribution in [0.25, 0.3) is 0 Å². The van der Waals surface area contributed by atoms with Crippen molar-refractivity contribution in [1.29, 1.82) is 0 Å². The molecule has 1 amide bonds. The molecule has 3 atom stereocenters. The lowest BCUT2D eigenvalue weighted by molar-refractivity contribution is -0.149. The summed E-state index contributed by atoms with van der Waals surface area (Å²) in [5.41, 5.74) is -0.772. The number of carboxylic acids is 1. The Labute approximate surface area is 126 Å². The third kappa shape index (κ3) is 3.57. The first-order chi connectivity index (χ1) is 9.86. The Morgan fingerprint density at radius 1 is 1.19 bits per heavy atom. The highest BCUT2D eigenvalue weighted by Crippen LogP contribution is 2.40. The summed E-state index contributed by atoms with van der Waals surface area (Å²) in [6.07, 6.45) is 5.64. The standard InChI is InChI=1S/C16H27NO4/c1-3-11-8-12(13(9-11)15(19)20)14(18)17(2)10-16(21)6-4-5-7-16/h11-13,21H,3-10H2,1-2H3,(H,19,20)/t11?,12-,13+/m0/s1. The maximum absolute atomic E-state index is 12.6. The van der Waals surface area contributed by atoms with Crippen LogP contribution in [0.5, 0.6) is 0 Å². The van der Waals surface area contributed by atoms with Gasteiger partial charge in [0.2, 0.25) is 5.91 Å². The van der Waals surface area contributed by atoms with Crippen molar-refractivity contribution >= 4 is 11.9 Å². The van der Waals surface area contributed by atoms with Crippen LogP contribution in [0, 0.1) is 17.8 Å². The van der Waals surface area contributed by atoms with E-state index in [-0.39, 0.29) is 5.91 Å². The van der Waals surface area contributed by atoms with E-state index in [1.54, 1.807) is 11.9 Å². The summed E-state index contributed by atoms with van der Waals surface area (Å²) in [7, 11) is 1.69. The molecule has 0 heterocycles. The minimum atomic E-state index is -0.864. The molecule has 21 heavy (non-hydrogen) atoms. The quantitative estimate of drug-likeness (QED) is 0.812. The van der Waals surface area contributed by atoms with Crippen molar-refractivity contribution in [2.75, 3.05) is 13.6 Å². The van der Waals surface area contributed by atoms with Crippen LogP contribution in [0.2, 0.25) is 0 Å². The number of nitrogens with zero attached hydrogens (tertiary/aromatic N) is 1. The average Bonchev–Trinajstić information content (AvgIpc) is 3.04. The number of aliphatic carboxylic acids is 1. The number of carboxylic acid groups (broad SMARTS) is 1. The van der Waals surface area contributed by atoms with Crippen LogP contribution in [0.1, 0.15) is 51.9 Å². The van der Waals surface area contributed by atoms with Gasteiger partial charge in [-0.3, -0.25) is 9.59 Å². The molecule has 1 unspecified atom stereocenters. The fraction of sp³-hybridized carbons (Fsp3) is 0.875. The van der Waals surface area contributed by atoms with Crippen LogP contribution in [0.3, 0.4) is 0 Å². The van der Waals surface area contributed by atoms with E-state index in [2.05, 4.69) is 0 Å². The van der Waals surface area contributed by atoms with Gasteiger partial charge in [-0.05, 0) is 31.6 Å². The van der Waals surface area contributed by atoms with Crippen molar-refractivity contribution in [2.24, 2.45) is 17.8 Å².